The number of carbonyl (C=O) groups is 1. The Labute approximate surface area is 216 Å². The van der Waals surface area contributed by atoms with Crippen LogP contribution in [0.15, 0.2) is 36.7 Å². The van der Waals surface area contributed by atoms with Crippen LogP contribution >= 0.6 is 0 Å². The van der Waals surface area contributed by atoms with Gasteiger partial charge in [0.25, 0.3) is 0 Å². The largest absolute Gasteiger partial charge is 0.456 e. The number of nitrogens with one attached hydrogen (secondary N) is 1. The SMILES string of the molecule is CC(=O)Cc1cc(Oc2cnc3nc(Nc4cc(C(C)(C)C)n(C[C@@H]5CCOC5)n4)n(C)c3c2)ccn1. The Bertz CT molecular complexity index is 1430. The zero-order chi connectivity index (χ0) is 26.2. The standard InChI is InChI=1S/C27H33N7O3/c1-17(35)10-19-11-20(6-8-28-19)37-21-12-22-25(29-14-21)31-26(33(22)5)30-24-13-23(27(2,3)4)34(32-24)15-18-7-9-36-16-18/h6,8,11-14,18H,7,9-10,15-16H2,1-5H3,(H,29,30,31,32)/t18-/m0/s1. The van der Waals surface area contributed by atoms with Crippen molar-refractivity contribution in [2.75, 3.05) is 18.5 Å². The molecular formula is C27H33N7O3. The topological polar surface area (TPSA) is 109 Å². The van der Waals surface area contributed by atoms with Crippen molar-refractivity contribution in [2.24, 2.45) is 13.0 Å². The predicted molar refractivity (Wildman–Crippen MR) is 140 cm³/mol. The van der Waals surface area contributed by atoms with Crippen molar-refractivity contribution in [1.82, 2.24) is 29.3 Å². The first-order valence-electron chi connectivity index (χ1n) is 12.5. The van der Waals surface area contributed by atoms with Gasteiger partial charge in [-0.05, 0) is 19.4 Å². The molecule has 1 N–H and O–H groups in total. The van der Waals surface area contributed by atoms with Gasteiger partial charge in [-0.25, -0.2) is 4.98 Å². The summed E-state index contributed by atoms with van der Waals surface area (Å²) in [5, 5.41) is 8.25. The van der Waals surface area contributed by atoms with Gasteiger partial charge in [0.1, 0.15) is 17.3 Å². The summed E-state index contributed by atoms with van der Waals surface area (Å²) in [6.45, 7) is 10.6. The van der Waals surface area contributed by atoms with Gasteiger partial charge in [-0.15, -0.1) is 0 Å². The molecule has 0 aliphatic carbocycles. The molecule has 37 heavy (non-hydrogen) atoms. The molecule has 0 saturated carbocycles. The number of aromatic nitrogens is 6. The maximum Gasteiger partial charge on any atom is 0.210 e. The predicted octanol–water partition coefficient (Wildman–Crippen LogP) is 4.56. The van der Waals surface area contributed by atoms with Crippen LogP contribution in [0.25, 0.3) is 11.2 Å². The molecule has 0 bridgehead atoms. The van der Waals surface area contributed by atoms with Crippen LogP contribution in [-0.2, 0) is 35.0 Å². The Morgan fingerprint density at radius 2 is 2.05 bits per heavy atom. The molecule has 0 radical (unpaired) electrons. The normalized spacial score (nSPS) is 15.9. The van der Waals surface area contributed by atoms with E-state index in [1.54, 1.807) is 31.5 Å². The minimum Gasteiger partial charge on any atom is -0.456 e. The highest BCUT2D eigenvalue weighted by molar-refractivity contribution is 5.78. The molecule has 5 heterocycles. The lowest BCUT2D eigenvalue weighted by molar-refractivity contribution is -0.116. The van der Waals surface area contributed by atoms with Crippen LogP contribution in [0.3, 0.4) is 0 Å². The first-order valence-corrected chi connectivity index (χ1v) is 12.5. The molecule has 4 aromatic rings. The van der Waals surface area contributed by atoms with Crippen molar-refractivity contribution in [3.05, 3.63) is 48.0 Å². The summed E-state index contributed by atoms with van der Waals surface area (Å²) in [6, 6.07) is 7.51. The van der Waals surface area contributed by atoms with Crippen LogP contribution < -0.4 is 10.1 Å². The molecule has 5 rings (SSSR count). The van der Waals surface area contributed by atoms with E-state index in [0.29, 0.717) is 34.7 Å². The van der Waals surface area contributed by atoms with E-state index in [9.17, 15) is 4.79 Å². The average Bonchev–Trinajstić information content (AvgIpc) is 3.55. The molecule has 0 aromatic carbocycles. The fraction of sp³-hybridized carbons (Fsp3) is 0.444. The number of pyridine rings is 2. The summed E-state index contributed by atoms with van der Waals surface area (Å²) >= 11 is 0. The number of anilines is 2. The van der Waals surface area contributed by atoms with Crippen LogP contribution in [0.5, 0.6) is 11.5 Å². The molecular weight excluding hydrogens is 470 g/mol. The first kappa shape index (κ1) is 24.9. The van der Waals surface area contributed by atoms with E-state index in [4.69, 9.17) is 14.6 Å². The van der Waals surface area contributed by atoms with Crippen LogP contribution in [0.1, 0.15) is 45.5 Å². The van der Waals surface area contributed by atoms with Gasteiger partial charge in [0.15, 0.2) is 11.5 Å². The number of Topliss-reactive ketones (excluding diaryl/α,β-unsaturated/α-hetero) is 1. The number of fused-ring (bicyclic) bond motifs is 1. The van der Waals surface area contributed by atoms with E-state index in [0.717, 1.165) is 43.2 Å². The van der Waals surface area contributed by atoms with Gasteiger partial charge in [0, 0.05) is 68.0 Å². The van der Waals surface area contributed by atoms with Crippen molar-refractivity contribution < 1.29 is 14.3 Å². The summed E-state index contributed by atoms with van der Waals surface area (Å²) in [6.07, 6.45) is 4.60. The number of aryl methyl sites for hydroxylation is 1. The third kappa shape index (κ3) is 5.64. The molecule has 1 aliphatic rings. The zero-order valence-corrected chi connectivity index (χ0v) is 22.0. The molecule has 10 nitrogen and oxygen atoms in total. The van der Waals surface area contributed by atoms with Crippen LogP contribution in [0, 0.1) is 5.92 Å². The van der Waals surface area contributed by atoms with Crippen molar-refractivity contribution >= 4 is 28.7 Å². The fourth-order valence-corrected chi connectivity index (χ4v) is 4.53. The molecule has 0 spiro atoms. The van der Waals surface area contributed by atoms with E-state index < -0.39 is 0 Å². The molecule has 0 unspecified atom stereocenters. The number of ketones is 1. The lowest BCUT2D eigenvalue weighted by atomic mass is 9.92. The highest BCUT2D eigenvalue weighted by Gasteiger charge is 2.25. The number of nitrogens with zero attached hydrogens (tertiary/aromatic N) is 6. The van der Waals surface area contributed by atoms with Gasteiger partial charge in [0.2, 0.25) is 5.95 Å². The second-order valence-electron chi connectivity index (χ2n) is 10.7. The van der Waals surface area contributed by atoms with Gasteiger partial charge in [-0.3, -0.25) is 14.5 Å². The Balaban J connectivity index is 1.38. The monoisotopic (exact) mass is 503 g/mol. The number of ether oxygens (including phenoxy) is 2. The van der Waals surface area contributed by atoms with Crippen LogP contribution in [0.4, 0.5) is 11.8 Å². The molecule has 1 fully saturated rings. The maximum absolute atomic E-state index is 11.4. The number of hydrogen-bond acceptors (Lipinski definition) is 8. The molecule has 1 atom stereocenters. The highest BCUT2D eigenvalue weighted by Crippen LogP contribution is 2.30. The van der Waals surface area contributed by atoms with Gasteiger partial charge < -0.3 is 19.4 Å². The molecule has 194 valence electrons. The quantitative estimate of drug-likeness (QED) is 0.373. The second-order valence-corrected chi connectivity index (χ2v) is 10.7. The van der Waals surface area contributed by atoms with Gasteiger partial charge in [-0.2, -0.15) is 10.1 Å². The minimum atomic E-state index is -0.0518. The van der Waals surface area contributed by atoms with Crippen molar-refractivity contribution in [3.8, 4) is 11.5 Å². The van der Waals surface area contributed by atoms with Gasteiger partial charge in [-0.1, -0.05) is 20.8 Å². The number of carbonyl (C=O) groups excluding carboxylic acids is 1. The third-order valence-corrected chi connectivity index (χ3v) is 6.41. The van der Waals surface area contributed by atoms with E-state index in [-0.39, 0.29) is 17.6 Å². The fourth-order valence-electron chi connectivity index (χ4n) is 4.53. The molecule has 1 saturated heterocycles. The Morgan fingerprint density at radius 3 is 2.78 bits per heavy atom. The Kier molecular flexibility index (Phi) is 6.68. The van der Waals surface area contributed by atoms with Crippen molar-refractivity contribution in [2.45, 2.75) is 52.5 Å². The van der Waals surface area contributed by atoms with Gasteiger partial charge >= 0.3 is 0 Å². The number of rotatable bonds is 8. The maximum atomic E-state index is 11.4. The summed E-state index contributed by atoms with van der Waals surface area (Å²) in [4.78, 5) is 24.8. The van der Waals surface area contributed by atoms with E-state index in [2.05, 4.69) is 51.8 Å². The zero-order valence-electron chi connectivity index (χ0n) is 22.0. The Morgan fingerprint density at radius 1 is 1.22 bits per heavy atom. The minimum absolute atomic E-state index is 0.0506. The van der Waals surface area contributed by atoms with E-state index >= 15 is 0 Å². The van der Waals surface area contributed by atoms with Crippen molar-refractivity contribution in [1.29, 1.82) is 0 Å². The molecule has 4 aromatic heterocycles. The summed E-state index contributed by atoms with van der Waals surface area (Å²) in [5.41, 5.74) is 3.19. The average molecular weight is 504 g/mol. The molecule has 0 amide bonds. The molecule has 10 heteroatoms. The smallest absolute Gasteiger partial charge is 0.210 e. The van der Waals surface area contributed by atoms with Crippen LogP contribution in [-0.4, -0.2) is 48.3 Å². The van der Waals surface area contributed by atoms with E-state index in [1.807, 2.05) is 17.7 Å². The van der Waals surface area contributed by atoms with E-state index in [1.165, 1.54) is 0 Å². The van der Waals surface area contributed by atoms with Crippen molar-refractivity contribution in [3.63, 3.8) is 0 Å². The van der Waals surface area contributed by atoms with Crippen LogP contribution in [0.2, 0.25) is 0 Å². The first-order chi connectivity index (χ1) is 17.7. The molecule has 1 aliphatic heterocycles. The third-order valence-electron chi connectivity index (χ3n) is 6.41. The lowest BCUT2D eigenvalue weighted by Gasteiger charge is -2.21. The summed E-state index contributed by atoms with van der Waals surface area (Å²) < 4.78 is 15.6. The summed E-state index contributed by atoms with van der Waals surface area (Å²) in [5.74, 6) is 3.08. The van der Waals surface area contributed by atoms with Gasteiger partial charge in [0.05, 0.1) is 24.0 Å². The number of hydrogen-bond donors (Lipinski definition) is 1. The second kappa shape index (κ2) is 9.93. The highest BCUT2D eigenvalue weighted by atomic mass is 16.5. The number of imidazole rings is 1. The summed E-state index contributed by atoms with van der Waals surface area (Å²) in [7, 11) is 1.93. The lowest BCUT2D eigenvalue weighted by Crippen LogP contribution is -2.21. The Hall–Kier alpha value is -3.79.